The predicted octanol–water partition coefficient (Wildman–Crippen LogP) is 1.92. The lowest BCUT2D eigenvalue weighted by atomic mass is 9.48. The van der Waals surface area contributed by atoms with Gasteiger partial charge in [-0.3, -0.25) is 10.9 Å². The number of rotatable bonds is 2. The Morgan fingerprint density at radius 3 is 2.11 bits per heavy atom. The third-order valence-electron chi connectivity index (χ3n) is 5.26. The quantitative estimate of drug-likeness (QED) is 0.309. The first-order valence-corrected chi connectivity index (χ1v) is 7.33. The van der Waals surface area contributed by atoms with Gasteiger partial charge >= 0.3 is 0 Å². The summed E-state index contributed by atoms with van der Waals surface area (Å²) in [5.41, 5.74) is 6.82. The molecule has 4 saturated carbocycles. The maximum absolute atomic E-state index is 5.24. The average molecular weight is 266 g/mol. The van der Waals surface area contributed by atoms with Crippen molar-refractivity contribution in [3.05, 3.63) is 0 Å². The molecule has 4 aliphatic rings. The Morgan fingerprint density at radius 1 is 1.17 bits per heavy atom. The van der Waals surface area contributed by atoms with Crippen LogP contribution in [0.25, 0.3) is 0 Å². The van der Waals surface area contributed by atoms with E-state index in [1.807, 2.05) is 0 Å². The van der Waals surface area contributed by atoms with Gasteiger partial charge in [-0.25, -0.2) is 5.84 Å². The zero-order valence-corrected chi connectivity index (χ0v) is 11.7. The highest BCUT2D eigenvalue weighted by Gasteiger charge is 2.52. The van der Waals surface area contributed by atoms with Crippen molar-refractivity contribution in [2.24, 2.45) is 34.1 Å². The summed E-state index contributed by atoms with van der Waals surface area (Å²) >= 11 is 4.96. The first-order valence-electron chi connectivity index (χ1n) is 6.92. The largest absolute Gasteiger partial charge is 0.300 e. The van der Waals surface area contributed by atoms with E-state index in [4.69, 9.17) is 18.1 Å². The smallest absolute Gasteiger partial charge is 0.201 e. The van der Waals surface area contributed by atoms with Gasteiger partial charge in [0.05, 0.1) is 0 Å². The number of nitrogens with one attached hydrogen (secondary N) is 2. The van der Waals surface area contributed by atoms with Crippen LogP contribution in [0.4, 0.5) is 0 Å². The third-order valence-corrected chi connectivity index (χ3v) is 5.47. The van der Waals surface area contributed by atoms with Gasteiger partial charge in [-0.15, -0.1) is 0 Å². The third kappa shape index (κ3) is 2.03. The second-order valence-electron chi connectivity index (χ2n) is 6.48. The molecule has 0 radical (unpaired) electrons. The minimum Gasteiger partial charge on any atom is -0.300 e. The van der Waals surface area contributed by atoms with Crippen molar-refractivity contribution in [3.8, 4) is 0 Å². The van der Waals surface area contributed by atoms with E-state index >= 15 is 0 Å². The van der Waals surface area contributed by atoms with E-state index in [1.54, 1.807) is 0 Å². The molecule has 4 nitrogen and oxygen atoms in total. The first kappa shape index (κ1) is 12.4. The minimum atomic E-state index is 0.353. The van der Waals surface area contributed by atoms with Crippen molar-refractivity contribution in [1.82, 2.24) is 10.9 Å². The Balaban J connectivity index is 1.76. The van der Waals surface area contributed by atoms with E-state index in [1.165, 1.54) is 44.2 Å². The molecule has 0 aromatic rings. The van der Waals surface area contributed by atoms with Gasteiger partial charge < -0.3 is 0 Å². The summed E-state index contributed by atoms with van der Waals surface area (Å²) < 4.78 is 0. The van der Waals surface area contributed by atoms with E-state index in [0.29, 0.717) is 10.5 Å². The van der Waals surface area contributed by atoms with Crippen molar-refractivity contribution in [2.45, 2.75) is 45.4 Å². The predicted molar refractivity (Wildman–Crippen MR) is 76.8 cm³/mol. The molecular weight excluding hydrogens is 244 g/mol. The molecule has 4 bridgehead atoms. The number of thiocarbonyl (C=S) groups is 1. The summed E-state index contributed by atoms with van der Waals surface area (Å²) in [6.07, 6.45) is 8.38. The molecule has 0 atom stereocenters. The Bertz CT molecular complexity index is 355. The first-order chi connectivity index (χ1) is 8.61. The van der Waals surface area contributed by atoms with Crippen LogP contribution in [0.1, 0.15) is 45.4 Å². The highest BCUT2D eigenvalue weighted by Crippen LogP contribution is 2.60. The summed E-state index contributed by atoms with van der Waals surface area (Å²) in [6.45, 7) is 2.15. The Hall–Kier alpha value is -0.680. The Kier molecular flexibility index (Phi) is 3.06. The monoisotopic (exact) mass is 266 g/mol. The molecular formula is C13H22N4S. The van der Waals surface area contributed by atoms with E-state index in [9.17, 15) is 0 Å². The van der Waals surface area contributed by atoms with Gasteiger partial charge in [0.15, 0.2) is 0 Å². The second kappa shape index (κ2) is 4.46. The summed E-state index contributed by atoms with van der Waals surface area (Å²) in [4.78, 5) is 0. The summed E-state index contributed by atoms with van der Waals surface area (Å²) in [6, 6.07) is 0. The van der Waals surface area contributed by atoms with Crippen LogP contribution in [0.3, 0.4) is 0 Å². The normalized spacial score (nSPS) is 41.9. The summed E-state index contributed by atoms with van der Waals surface area (Å²) in [5.74, 6) is 8.08. The summed E-state index contributed by atoms with van der Waals surface area (Å²) in [5, 5.41) is 4.86. The van der Waals surface area contributed by atoms with Gasteiger partial charge in [0.25, 0.3) is 0 Å². The van der Waals surface area contributed by atoms with Crippen molar-refractivity contribution in [1.29, 1.82) is 0 Å². The average Bonchev–Trinajstić information content (AvgIpc) is 2.33. The van der Waals surface area contributed by atoms with Crippen LogP contribution in [0.2, 0.25) is 0 Å². The van der Waals surface area contributed by atoms with E-state index in [-0.39, 0.29) is 0 Å². The molecule has 18 heavy (non-hydrogen) atoms. The summed E-state index contributed by atoms with van der Waals surface area (Å²) in [7, 11) is 0. The minimum absolute atomic E-state index is 0.353. The standard InChI is InChI=1S/C13H22N4S/c1-8(16-17-12(18)15-14)13-5-9-2-10(6-13)4-11(3-9)7-13/h9-11H,2-7,14H2,1H3,(H2,15,17,18)/b16-8+. The van der Waals surface area contributed by atoms with E-state index < -0.39 is 0 Å². The molecule has 0 heterocycles. The fourth-order valence-electron chi connectivity index (χ4n) is 4.84. The SMILES string of the molecule is C/C(=N\NC(=S)NN)C12CC3CC(CC(C3)C1)C2. The molecule has 0 aromatic carbocycles. The van der Waals surface area contributed by atoms with Gasteiger partial charge in [-0.1, -0.05) is 0 Å². The maximum Gasteiger partial charge on any atom is 0.201 e. The van der Waals surface area contributed by atoms with Gasteiger partial charge in [0.1, 0.15) is 0 Å². The lowest BCUT2D eigenvalue weighted by Crippen LogP contribution is -2.50. The lowest BCUT2D eigenvalue weighted by molar-refractivity contribution is -0.0128. The fraction of sp³-hybridized carbons (Fsp3) is 0.846. The van der Waals surface area contributed by atoms with Gasteiger partial charge in [-0.2, -0.15) is 5.10 Å². The van der Waals surface area contributed by atoms with Crippen molar-refractivity contribution in [3.63, 3.8) is 0 Å². The van der Waals surface area contributed by atoms with Gasteiger partial charge in [-0.05, 0) is 75.4 Å². The van der Waals surface area contributed by atoms with E-state index in [0.717, 1.165) is 17.8 Å². The number of hydrazone groups is 1. The van der Waals surface area contributed by atoms with Crippen LogP contribution in [-0.2, 0) is 0 Å². The number of hydrogen-bond acceptors (Lipinski definition) is 3. The highest BCUT2D eigenvalue weighted by molar-refractivity contribution is 7.80. The molecule has 4 rings (SSSR count). The van der Waals surface area contributed by atoms with Crippen molar-refractivity contribution >= 4 is 23.0 Å². The Morgan fingerprint density at radius 2 is 1.67 bits per heavy atom. The highest BCUT2D eigenvalue weighted by atomic mass is 32.1. The van der Waals surface area contributed by atoms with Crippen LogP contribution in [0.15, 0.2) is 5.10 Å². The molecule has 100 valence electrons. The fourth-order valence-corrected chi connectivity index (χ4v) is 4.88. The van der Waals surface area contributed by atoms with E-state index in [2.05, 4.69) is 22.9 Å². The molecule has 0 aromatic heterocycles. The van der Waals surface area contributed by atoms with Crippen LogP contribution < -0.4 is 16.7 Å². The van der Waals surface area contributed by atoms with Crippen LogP contribution >= 0.6 is 12.2 Å². The molecule has 4 fully saturated rings. The Labute approximate surface area is 114 Å². The molecule has 4 aliphatic carbocycles. The van der Waals surface area contributed by atoms with Gasteiger partial charge in [0, 0.05) is 11.1 Å². The maximum atomic E-state index is 5.24. The van der Waals surface area contributed by atoms with Gasteiger partial charge in [0.2, 0.25) is 5.11 Å². The van der Waals surface area contributed by atoms with Crippen LogP contribution in [0.5, 0.6) is 0 Å². The molecule has 0 unspecified atom stereocenters. The molecule has 0 spiro atoms. The number of hydrazine groups is 1. The molecule has 0 saturated heterocycles. The number of nitrogens with zero attached hydrogens (tertiary/aromatic N) is 1. The zero-order valence-electron chi connectivity index (χ0n) is 10.9. The van der Waals surface area contributed by atoms with Crippen LogP contribution in [-0.4, -0.2) is 10.8 Å². The lowest BCUT2D eigenvalue weighted by Gasteiger charge is -2.56. The van der Waals surface area contributed by atoms with Crippen molar-refractivity contribution in [2.75, 3.05) is 0 Å². The van der Waals surface area contributed by atoms with Crippen LogP contribution in [0, 0.1) is 23.2 Å². The molecule has 0 aliphatic heterocycles. The number of hydrogen-bond donors (Lipinski definition) is 3. The van der Waals surface area contributed by atoms with Crippen molar-refractivity contribution < 1.29 is 0 Å². The zero-order chi connectivity index (χ0) is 12.8. The molecule has 5 heteroatoms. The number of nitrogens with two attached hydrogens (primary N) is 1. The topological polar surface area (TPSA) is 62.4 Å². The second-order valence-corrected chi connectivity index (χ2v) is 6.89. The molecule has 0 amide bonds. The molecule has 4 N–H and O–H groups in total.